The summed E-state index contributed by atoms with van der Waals surface area (Å²) in [4.78, 5) is 4.38. The van der Waals surface area contributed by atoms with E-state index >= 15 is 0 Å². The van der Waals surface area contributed by atoms with Gasteiger partial charge in [0.25, 0.3) is 0 Å². The first-order valence-electron chi connectivity index (χ1n) is 6.93. The van der Waals surface area contributed by atoms with Gasteiger partial charge in [-0.3, -0.25) is 4.98 Å². The third kappa shape index (κ3) is 3.04. The van der Waals surface area contributed by atoms with Gasteiger partial charge < -0.3 is 9.88 Å². The number of aryl methyl sites for hydroxylation is 1. The summed E-state index contributed by atoms with van der Waals surface area (Å²) in [6, 6.07) is 8.59. The van der Waals surface area contributed by atoms with Gasteiger partial charge in [0.05, 0.1) is 5.69 Å². The van der Waals surface area contributed by atoms with E-state index < -0.39 is 0 Å². The summed E-state index contributed by atoms with van der Waals surface area (Å²) in [5.41, 5.74) is 5.16. The van der Waals surface area contributed by atoms with Crippen LogP contribution in [0.4, 0.5) is 0 Å². The van der Waals surface area contributed by atoms with Crippen LogP contribution in [0.2, 0.25) is 0 Å². The van der Waals surface area contributed by atoms with Crippen molar-refractivity contribution in [1.29, 1.82) is 0 Å². The molecule has 102 valence electrons. The molecule has 0 aliphatic carbocycles. The Hall–Kier alpha value is -1.61. The highest BCUT2D eigenvalue weighted by Gasteiger charge is 2.10. The minimum atomic E-state index is 0.269. The molecule has 1 N–H and O–H groups in total. The topological polar surface area (TPSA) is 29.9 Å². The smallest absolute Gasteiger partial charge is 0.0570 e. The van der Waals surface area contributed by atoms with Crippen LogP contribution in [0.1, 0.15) is 42.5 Å². The quantitative estimate of drug-likeness (QED) is 0.890. The van der Waals surface area contributed by atoms with Crippen LogP contribution in [0, 0.1) is 13.8 Å². The second-order valence-corrected chi connectivity index (χ2v) is 5.00. The lowest BCUT2D eigenvalue weighted by Gasteiger charge is -2.13. The number of nitrogens with one attached hydrogen (secondary N) is 1. The van der Waals surface area contributed by atoms with Crippen molar-refractivity contribution in [3.63, 3.8) is 0 Å². The van der Waals surface area contributed by atoms with E-state index in [2.05, 4.69) is 54.7 Å². The monoisotopic (exact) mass is 257 g/mol. The van der Waals surface area contributed by atoms with Crippen molar-refractivity contribution in [2.75, 3.05) is 0 Å². The summed E-state index contributed by atoms with van der Waals surface area (Å²) in [5, 5.41) is 3.54. The molecule has 2 rings (SSSR count). The fourth-order valence-electron chi connectivity index (χ4n) is 2.54. The molecule has 0 aromatic carbocycles. The summed E-state index contributed by atoms with van der Waals surface area (Å²) in [5.74, 6) is 0. The maximum atomic E-state index is 4.38. The van der Waals surface area contributed by atoms with Crippen molar-refractivity contribution in [3.8, 4) is 0 Å². The van der Waals surface area contributed by atoms with Crippen molar-refractivity contribution >= 4 is 0 Å². The van der Waals surface area contributed by atoms with E-state index in [-0.39, 0.29) is 6.04 Å². The molecule has 2 aromatic rings. The standard InChI is InChI=1S/C16H23N3/c1-5-19-12(2)10-15(14(19)4)11-18-13(3)16-8-6-7-9-17-16/h6-10,13,18H,5,11H2,1-4H3/t13-/m0/s1. The van der Waals surface area contributed by atoms with E-state index in [0.29, 0.717) is 0 Å². The molecule has 3 nitrogen and oxygen atoms in total. The Kier molecular flexibility index (Phi) is 4.38. The molecular weight excluding hydrogens is 234 g/mol. The summed E-state index contributed by atoms with van der Waals surface area (Å²) in [6.45, 7) is 10.6. The number of nitrogens with zero attached hydrogens (tertiary/aromatic N) is 2. The van der Waals surface area contributed by atoms with Gasteiger partial charge in [0.15, 0.2) is 0 Å². The Bertz CT molecular complexity index is 528. The Labute approximate surface area is 115 Å². The molecule has 3 heteroatoms. The first kappa shape index (κ1) is 13.8. The fourth-order valence-corrected chi connectivity index (χ4v) is 2.54. The van der Waals surface area contributed by atoms with E-state index in [1.807, 2.05) is 18.3 Å². The first-order valence-corrected chi connectivity index (χ1v) is 6.93. The van der Waals surface area contributed by atoms with E-state index in [4.69, 9.17) is 0 Å². The maximum Gasteiger partial charge on any atom is 0.0570 e. The van der Waals surface area contributed by atoms with Crippen LogP contribution in [-0.4, -0.2) is 9.55 Å². The molecule has 0 fully saturated rings. The normalized spacial score (nSPS) is 12.6. The molecule has 0 radical (unpaired) electrons. The first-order chi connectivity index (χ1) is 9.13. The molecule has 2 heterocycles. The highest BCUT2D eigenvalue weighted by molar-refractivity contribution is 5.26. The van der Waals surface area contributed by atoms with Gasteiger partial charge in [-0.05, 0) is 51.5 Å². The SMILES string of the molecule is CCn1c(C)cc(CN[C@@H](C)c2ccccn2)c1C. The minimum absolute atomic E-state index is 0.269. The van der Waals surface area contributed by atoms with E-state index in [1.165, 1.54) is 17.0 Å². The van der Waals surface area contributed by atoms with Crippen molar-refractivity contribution in [2.24, 2.45) is 0 Å². The van der Waals surface area contributed by atoms with Crippen LogP contribution in [0.15, 0.2) is 30.5 Å². The number of pyridine rings is 1. The average Bonchev–Trinajstić information content (AvgIpc) is 2.71. The largest absolute Gasteiger partial charge is 0.349 e. The predicted octanol–water partition coefficient (Wildman–Crippen LogP) is 3.37. The van der Waals surface area contributed by atoms with E-state index in [0.717, 1.165) is 18.8 Å². The zero-order chi connectivity index (χ0) is 13.8. The molecular formula is C16H23N3. The van der Waals surface area contributed by atoms with E-state index in [9.17, 15) is 0 Å². The van der Waals surface area contributed by atoms with Gasteiger partial charge in [-0.1, -0.05) is 6.07 Å². The van der Waals surface area contributed by atoms with Crippen LogP contribution in [0.3, 0.4) is 0 Å². The number of rotatable bonds is 5. The van der Waals surface area contributed by atoms with Crippen LogP contribution >= 0.6 is 0 Å². The lowest BCUT2D eigenvalue weighted by atomic mass is 10.2. The summed E-state index contributed by atoms with van der Waals surface area (Å²) < 4.78 is 2.35. The molecule has 0 saturated carbocycles. The van der Waals surface area contributed by atoms with E-state index in [1.54, 1.807) is 0 Å². The van der Waals surface area contributed by atoms with Gasteiger partial charge in [0.1, 0.15) is 0 Å². The molecule has 0 aliphatic heterocycles. The van der Waals surface area contributed by atoms with Gasteiger partial charge in [-0.15, -0.1) is 0 Å². The van der Waals surface area contributed by atoms with Crippen LogP contribution in [0.5, 0.6) is 0 Å². The van der Waals surface area contributed by atoms with Crippen molar-refractivity contribution in [2.45, 2.75) is 46.8 Å². The summed E-state index contributed by atoms with van der Waals surface area (Å²) in [7, 11) is 0. The Morgan fingerprint density at radius 3 is 2.68 bits per heavy atom. The number of aromatic nitrogens is 2. The summed E-state index contributed by atoms with van der Waals surface area (Å²) >= 11 is 0. The lowest BCUT2D eigenvalue weighted by Crippen LogP contribution is -2.19. The Morgan fingerprint density at radius 2 is 2.11 bits per heavy atom. The van der Waals surface area contributed by atoms with Crippen molar-refractivity contribution in [3.05, 3.63) is 53.1 Å². The maximum absolute atomic E-state index is 4.38. The molecule has 0 spiro atoms. The molecule has 0 bridgehead atoms. The fraction of sp³-hybridized carbons (Fsp3) is 0.438. The van der Waals surface area contributed by atoms with Gasteiger partial charge in [0, 0.05) is 36.7 Å². The molecule has 0 amide bonds. The molecule has 0 unspecified atom stereocenters. The second-order valence-electron chi connectivity index (χ2n) is 5.00. The van der Waals surface area contributed by atoms with Gasteiger partial charge in [0.2, 0.25) is 0 Å². The molecule has 0 saturated heterocycles. The van der Waals surface area contributed by atoms with Gasteiger partial charge in [-0.25, -0.2) is 0 Å². The molecule has 1 atom stereocenters. The lowest BCUT2D eigenvalue weighted by molar-refractivity contribution is 0.559. The third-order valence-electron chi connectivity index (χ3n) is 3.72. The predicted molar refractivity (Wildman–Crippen MR) is 79.1 cm³/mol. The van der Waals surface area contributed by atoms with Crippen LogP contribution in [-0.2, 0) is 13.1 Å². The molecule has 0 aliphatic rings. The van der Waals surface area contributed by atoms with Crippen molar-refractivity contribution in [1.82, 2.24) is 14.9 Å². The zero-order valence-electron chi connectivity index (χ0n) is 12.3. The Morgan fingerprint density at radius 1 is 1.32 bits per heavy atom. The number of hydrogen-bond donors (Lipinski definition) is 1. The van der Waals surface area contributed by atoms with Crippen molar-refractivity contribution < 1.29 is 0 Å². The van der Waals surface area contributed by atoms with Gasteiger partial charge in [-0.2, -0.15) is 0 Å². The Balaban J connectivity index is 2.03. The second kappa shape index (κ2) is 6.02. The molecule has 2 aromatic heterocycles. The minimum Gasteiger partial charge on any atom is -0.349 e. The highest BCUT2D eigenvalue weighted by Crippen LogP contribution is 2.16. The average molecular weight is 257 g/mol. The third-order valence-corrected chi connectivity index (χ3v) is 3.72. The summed E-state index contributed by atoms with van der Waals surface area (Å²) in [6.07, 6.45) is 1.84. The molecule has 19 heavy (non-hydrogen) atoms. The van der Waals surface area contributed by atoms with Gasteiger partial charge >= 0.3 is 0 Å². The highest BCUT2D eigenvalue weighted by atomic mass is 15.0. The van der Waals surface area contributed by atoms with Crippen LogP contribution in [0.25, 0.3) is 0 Å². The zero-order valence-corrected chi connectivity index (χ0v) is 12.3. The number of hydrogen-bond acceptors (Lipinski definition) is 2. The van der Waals surface area contributed by atoms with Crippen LogP contribution < -0.4 is 5.32 Å².